The molecule has 3 rings (SSSR count). The third-order valence-electron chi connectivity index (χ3n) is 4.67. The van der Waals surface area contributed by atoms with E-state index in [1.54, 1.807) is 7.11 Å². The van der Waals surface area contributed by atoms with Gasteiger partial charge in [0.05, 0.1) is 20.3 Å². The lowest BCUT2D eigenvalue weighted by Crippen LogP contribution is -2.39. The Kier molecular flexibility index (Phi) is 8.35. The molecule has 2 aromatic rings. The summed E-state index contributed by atoms with van der Waals surface area (Å²) in [6.45, 7) is 6.30. The fourth-order valence-corrected chi connectivity index (χ4v) is 3.26. The Morgan fingerprint density at radius 3 is 2.87 bits per heavy atom. The van der Waals surface area contributed by atoms with Crippen molar-refractivity contribution >= 4 is 5.96 Å². The van der Waals surface area contributed by atoms with E-state index < -0.39 is 0 Å². The van der Waals surface area contributed by atoms with Crippen LogP contribution >= 0.6 is 0 Å². The Morgan fingerprint density at radius 1 is 1.23 bits per heavy atom. The number of benzene rings is 2. The quantitative estimate of drug-likeness (QED) is 0.469. The molecular weight excluding hydrogens is 401 g/mol. The van der Waals surface area contributed by atoms with Gasteiger partial charge in [0, 0.05) is 24.7 Å². The Hall–Kier alpha value is -3.00. The highest BCUT2D eigenvalue weighted by Crippen LogP contribution is 2.29. The van der Waals surface area contributed by atoms with E-state index >= 15 is 0 Å². The molecule has 0 spiro atoms. The molecular formula is C23H30FN3O4. The van der Waals surface area contributed by atoms with Crippen LogP contribution < -0.4 is 24.8 Å². The van der Waals surface area contributed by atoms with Crippen LogP contribution in [0.2, 0.25) is 0 Å². The summed E-state index contributed by atoms with van der Waals surface area (Å²) < 4.78 is 35.9. The van der Waals surface area contributed by atoms with Crippen LogP contribution in [0.1, 0.15) is 25.0 Å². The second-order valence-electron chi connectivity index (χ2n) is 7.17. The predicted molar refractivity (Wildman–Crippen MR) is 117 cm³/mol. The van der Waals surface area contributed by atoms with Gasteiger partial charge >= 0.3 is 0 Å². The van der Waals surface area contributed by atoms with Gasteiger partial charge in [-0.25, -0.2) is 9.38 Å². The molecule has 1 heterocycles. The highest BCUT2D eigenvalue weighted by atomic mass is 19.1. The smallest absolute Gasteiger partial charge is 0.191 e. The minimum atomic E-state index is -0.285. The lowest BCUT2D eigenvalue weighted by molar-refractivity contribution is -0.0172. The summed E-state index contributed by atoms with van der Waals surface area (Å²) in [7, 11) is 1.63. The lowest BCUT2D eigenvalue weighted by Gasteiger charge is -2.21. The highest BCUT2D eigenvalue weighted by molar-refractivity contribution is 5.79. The number of nitrogens with one attached hydrogen (secondary N) is 2. The van der Waals surface area contributed by atoms with E-state index in [1.165, 1.54) is 12.1 Å². The van der Waals surface area contributed by atoms with Gasteiger partial charge in [-0.15, -0.1) is 0 Å². The van der Waals surface area contributed by atoms with Crippen molar-refractivity contribution in [3.63, 3.8) is 0 Å². The maximum atomic E-state index is 13.9. The SMILES string of the molecule is CCNC(=NCC(C)Oc1cccc(OC)c1)NCCc1cc(F)cc2c1OCOC2. The average molecular weight is 432 g/mol. The summed E-state index contributed by atoms with van der Waals surface area (Å²) in [4.78, 5) is 4.60. The van der Waals surface area contributed by atoms with Gasteiger partial charge < -0.3 is 29.6 Å². The molecule has 1 aliphatic rings. The summed E-state index contributed by atoms with van der Waals surface area (Å²) >= 11 is 0. The molecule has 1 aliphatic heterocycles. The van der Waals surface area contributed by atoms with Crippen LogP contribution in [-0.4, -0.2) is 45.6 Å². The predicted octanol–water partition coefficient (Wildman–Crippen LogP) is 3.27. The van der Waals surface area contributed by atoms with Gasteiger partial charge in [-0.2, -0.15) is 0 Å². The number of rotatable bonds is 9. The monoisotopic (exact) mass is 431 g/mol. The van der Waals surface area contributed by atoms with E-state index in [4.69, 9.17) is 18.9 Å². The zero-order valence-corrected chi connectivity index (χ0v) is 18.2. The Labute approximate surface area is 182 Å². The molecule has 0 aromatic heterocycles. The normalized spacial score (nSPS) is 14.3. The van der Waals surface area contributed by atoms with Crippen molar-refractivity contribution in [2.75, 3.05) is 33.5 Å². The van der Waals surface area contributed by atoms with Crippen molar-refractivity contribution in [1.29, 1.82) is 0 Å². The first-order valence-electron chi connectivity index (χ1n) is 10.4. The molecule has 2 N–H and O–H groups in total. The second kappa shape index (κ2) is 11.4. The van der Waals surface area contributed by atoms with Crippen LogP contribution in [0.15, 0.2) is 41.4 Å². The number of ether oxygens (including phenoxy) is 4. The lowest BCUT2D eigenvalue weighted by atomic mass is 10.1. The largest absolute Gasteiger partial charge is 0.497 e. The van der Waals surface area contributed by atoms with Gasteiger partial charge in [-0.05, 0) is 50.1 Å². The van der Waals surface area contributed by atoms with Crippen molar-refractivity contribution in [3.05, 3.63) is 53.3 Å². The summed E-state index contributed by atoms with van der Waals surface area (Å²) in [5.74, 6) is 2.60. The van der Waals surface area contributed by atoms with Gasteiger partial charge in [-0.1, -0.05) is 6.07 Å². The molecule has 2 aromatic carbocycles. The Morgan fingerprint density at radius 2 is 2.06 bits per heavy atom. The van der Waals surface area contributed by atoms with Gasteiger partial charge in [-0.3, -0.25) is 0 Å². The van der Waals surface area contributed by atoms with Gasteiger partial charge in [0.25, 0.3) is 0 Å². The molecule has 1 atom stereocenters. The minimum Gasteiger partial charge on any atom is -0.497 e. The molecule has 8 heteroatoms. The number of halogens is 1. The number of methoxy groups -OCH3 is 1. The third-order valence-corrected chi connectivity index (χ3v) is 4.67. The molecule has 31 heavy (non-hydrogen) atoms. The van der Waals surface area contributed by atoms with Gasteiger partial charge in [0.15, 0.2) is 12.8 Å². The van der Waals surface area contributed by atoms with Crippen molar-refractivity contribution < 1.29 is 23.3 Å². The first kappa shape index (κ1) is 22.7. The fourth-order valence-electron chi connectivity index (χ4n) is 3.26. The molecule has 0 radical (unpaired) electrons. The van der Waals surface area contributed by atoms with Crippen LogP contribution in [0, 0.1) is 5.82 Å². The number of aliphatic imine (C=N–C) groups is 1. The Bertz CT molecular complexity index is 891. The second-order valence-corrected chi connectivity index (χ2v) is 7.17. The molecule has 7 nitrogen and oxygen atoms in total. The first-order chi connectivity index (χ1) is 15.1. The molecule has 0 fully saturated rings. The maximum absolute atomic E-state index is 13.9. The van der Waals surface area contributed by atoms with E-state index in [2.05, 4.69) is 15.6 Å². The molecule has 0 saturated heterocycles. The third kappa shape index (κ3) is 6.75. The van der Waals surface area contributed by atoms with E-state index in [-0.39, 0.29) is 18.7 Å². The Balaban J connectivity index is 1.54. The van der Waals surface area contributed by atoms with Crippen LogP contribution in [-0.2, 0) is 17.8 Å². The highest BCUT2D eigenvalue weighted by Gasteiger charge is 2.17. The molecule has 168 valence electrons. The fraction of sp³-hybridized carbons (Fsp3) is 0.435. The molecule has 1 unspecified atom stereocenters. The van der Waals surface area contributed by atoms with Gasteiger partial charge in [0.1, 0.15) is 29.2 Å². The van der Waals surface area contributed by atoms with Crippen LogP contribution in [0.3, 0.4) is 0 Å². The van der Waals surface area contributed by atoms with Crippen molar-refractivity contribution in [2.24, 2.45) is 4.99 Å². The van der Waals surface area contributed by atoms with E-state index in [0.717, 1.165) is 34.9 Å². The van der Waals surface area contributed by atoms with Crippen molar-refractivity contribution in [1.82, 2.24) is 10.6 Å². The van der Waals surface area contributed by atoms with Crippen molar-refractivity contribution in [2.45, 2.75) is 33.0 Å². The molecule has 0 aliphatic carbocycles. The van der Waals surface area contributed by atoms with E-state index in [1.807, 2.05) is 38.1 Å². The number of hydrogen-bond donors (Lipinski definition) is 2. The van der Waals surface area contributed by atoms with Gasteiger partial charge in [0.2, 0.25) is 0 Å². The standard InChI is InChI=1S/C23H30FN3O4/c1-4-25-23(27-13-16(2)31-21-7-5-6-20(12-21)28-3)26-9-8-17-10-19(24)11-18-14-29-15-30-22(17)18/h5-7,10-12,16H,4,8-9,13-15H2,1-3H3,(H2,25,26,27). The number of hydrogen-bond acceptors (Lipinski definition) is 5. The molecule has 0 saturated carbocycles. The van der Waals surface area contributed by atoms with Crippen LogP contribution in [0.4, 0.5) is 4.39 Å². The minimum absolute atomic E-state index is 0.119. The zero-order valence-electron chi connectivity index (χ0n) is 18.2. The molecule has 0 bridgehead atoms. The zero-order chi connectivity index (χ0) is 22.1. The first-order valence-corrected chi connectivity index (χ1v) is 10.4. The number of fused-ring (bicyclic) bond motifs is 1. The molecule has 0 amide bonds. The van der Waals surface area contributed by atoms with E-state index in [0.29, 0.717) is 32.1 Å². The average Bonchev–Trinajstić information content (AvgIpc) is 2.77. The number of guanidine groups is 1. The van der Waals surface area contributed by atoms with Crippen LogP contribution in [0.25, 0.3) is 0 Å². The summed E-state index contributed by atoms with van der Waals surface area (Å²) in [5.41, 5.74) is 1.56. The summed E-state index contributed by atoms with van der Waals surface area (Å²) in [6, 6.07) is 10.5. The topological polar surface area (TPSA) is 73.3 Å². The number of nitrogens with zero attached hydrogens (tertiary/aromatic N) is 1. The van der Waals surface area contributed by atoms with Crippen LogP contribution in [0.5, 0.6) is 17.2 Å². The van der Waals surface area contributed by atoms with Crippen molar-refractivity contribution in [3.8, 4) is 17.2 Å². The summed E-state index contributed by atoms with van der Waals surface area (Å²) in [5, 5.41) is 6.51. The maximum Gasteiger partial charge on any atom is 0.191 e. The summed E-state index contributed by atoms with van der Waals surface area (Å²) in [6.07, 6.45) is 0.478. The van der Waals surface area contributed by atoms with E-state index in [9.17, 15) is 4.39 Å².